The molecule has 0 saturated carbocycles. The van der Waals surface area contributed by atoms with Gasteiger partial charge in [0.2, 0.25) is 0 Å². The molecule has 0 aliphatic rings. The van der Waals surface area contributed by atoms with E-state index in [2.05, 4.69) is 4.98 Å². The van der Waals surface area contributed by atoms with E-state index in [0.717, 1.165) is 0 Å². The molecule has 0 aliphatic heterocycles. The van der Waals surface area contributed by atoms with E-state index in [0.29, 0.717) is 11.8 Å². The molecule has 6 heteroatoms. The molecule has 1 aromatic heterocycles. The summed E-state index contributed by atoms with van der Waals surface area (Å²) < 4.78 is 0. The number of rotatable bonds is 2. The van der Waals surface area contributed by atoms with Crippen LogP contribution >= 0.6 is 0 Å². The number of carboxylic acids is 1. The van der Waals surface area contributed by atoms with E-state index in [9.17, 15) is 9.59 Å². The number of aldehydes is 1. The first-order chi connectivity index (χ1) is 5.24. The van der Waals surface area contributed by atoms with Gasteiger partial charge in [-0.05, 0) is 12.1 Å². The van der Waals surface area contributed by atoms with Gasteiger partial charge in [0.25, 0.3) is 0 Å². The quantitative estimate of drug-likeness (QED) is 0.599. The van der Waals surface area contributed by atoms with Gasteiger partial charge >= 0.3 is 24.8 Å². The van der Waals surface area contributed by atoms with Crippen LogP contribution in [-0.4, -0.2) is 41.2 Å². The summed E-state index contributed by atoms with van der Waals surface area (Å²) in [5, 5.41) is 8.43. The predicted octanol–water partition coefficient (Wildman–Crippen LogP) is -0.0587. The minimum absolute atomic E-state index is 0. The van der Waals surface area contributed by atoms with Crippen molar-refractivity contribution in [3.8, 4) is 0 Å². The van der Waals surface area contributed by atoms with E-state index < -0.39 is 5.97 Å². The van der Waals surface area contributed by atoms with Crippen molar-refractivity contribution in [3.05, 3.63) is 29.6 Å². The maximum absolute atomic E-state index is 10.3. The molecule has 1 aromatic rings. The molecular formula is C7H6LiNO3Rh. The zero-order chi connectivity index (χ0) is 8.27. The number of pyridine rings is 1. The first-order valence-corrected chi connectivity index (χ1v) is 2.88. The number of aromatic nitrogens is 1. The number of carbonyl (C=O) groups excluding carboxylic acids is 1. The van der Waals surface area contributed by atoms with Crippen molar-refractivity contribution in [1.29, 1.82) is 0 Å². The van der Waals surface area contributed by atoms with Crippen LogP contribution in [0.1, 0.15) is 20.8 Å². The Morgan fingerprint density at radius 3 is 2.62 bits per heavy atom. The van der Waals surface area contributed by atoms with Gasteiger partial charge < -0.3 is 5.11 Å². The van der Waals surface area contributed by atoms with Crippen molar-refractivity contribution in [3.63, 3.8) is 0 Å². The predicted molar refractivity (Wildman–Crippen MR) is 43.7 cm³/mol. The number of hydrogen-bond donors (Lipinski definition) is 1. The molecule has 1 rings (SSSR count). The maximum atomic E-state index is 10.3. The van der Waals surface area contributed by atoms with Crippen molar-refractivity contribution >= 4 is 31.1 Å². The Morgan fingerprint density at radius 2 is 2.15 bits per heavy atom. The fraction of sp³-hybridized carbons (Fsp3) is 0. The number of carbonyl (C=O) groups is 2. The van der Waals surface area contributed by atoms with Gasteiger partial charge in [0.1, 0.15) is 12.0 Å². The largest absolute Gasteiger partial charge is 0 e. The Labute approximate surface area is 99.7 Å². The van der Waals surface area contributed by atoms with Crippen molar-refractivity contribution < 1.29 is 34.2 Å². The molecule has 0 amide bonds. The van der Waals surface area contributed by atoms with E-state index in [-0.39, 0.29) is 44.0 Å². The number of hydrogen-bond acceptors (Lipinski definition) is 3. The van der Waals surface area contributed by atoms with Gasteiger partial charge in [-0.1, -0.05) is 0 Å². The standard InChI is InChI=1S/C7H5NO3.Li.Rh.H/c9-4-5-1-2-8-6(3-5)7(10)11;;;/h1-4H,(H,10,11);;;. The van der Waals surface area contributed by atoms with Crippen molar-refractivity contribution in [2.24, 2.45) is 0 Å². The second-order valence-corrected chi connectivity index (χ2v) is 1.90. The minimum Gasteiger partial charge on any atom is 0 e. The van der Waals surface area contributed by atoms with Gasteiger partial charge in [0.15, 0.2) is 0 Å². The molecule has 0 saturated heterocycles. The van der Waals surface area contributed by atoms with Crippen LogP contribution < -0.4 is 0 Å². The Bertz CT molecular complexity index is 306. The van der Waals surface area contributed by atoms with Crippen LogP contribution in [0.25, 0.3) is 0 Å². The molecule has 0 spiro atoms. The third-order valence-corrected chi connectivity index (χ3v) is 1.14. The van der Waals surface area contributed by atoms with Crippen LogP contribution in [0.3, 0.4) is 0 Å². The minimum atomic E-state index is -1.13. The first-order valence-electron chi connectivity index (χ1n) is 2.88. The molecule has 0 aliphatic carbocycles. The Hall–Kier alpha value is -0.489. The fourth-order valence-corrected chi connectivity index (χ4v) is 0.637. The molecule has 13 heavy (non-hydrogen) atoms. The van der Waals surface area contributed by atoms with E-state index in [1.165, 1.54) is 18.3 Å². The molecule has 0 fully saturated rings. The van der Waals surface area contributed by atoms with Crippen LogP contribution in [0, 0.1) is 0 Å². The Morgan fingerprint density at radius 1 is 1.54 bits per heavy atom. The monoisotopic (exact) mass is 262 g/mol. The maximum Gasteiger partial charge on any atom is 0 e. The van der Waals surface area contributed by atoms with Crippen molar-refractivity contribution in [2.45, 2.75) is 0 Å². The van der Waals surface area contributed by atoms with Crippen LogP contribution in [0.4, 0.5) is 0 Å². The van der Waals surface area contributed by atoms with Crippen molar-refractivity contribution in [2.75, 3.05) is 0 Å². The molecule has 0 unspecified atom stereocenters. The summed E-state index contributed by atoms with van der Waals surface area (Å²) >= 11 is 0. The summed E-state index contributed by atoms with van der Waals surface area (Å²) in [6.45, 7) is 0. The second-order valence-electron chi connectivity index (χ2n) is 1.90. The summed E-state index contributed by atoms with van der Waals surface area (Å²) in [6, 6.07) is 2.66. The molecule has 1 N–H and O–H groups in total. The number of aromatic carboxylic acids is 1. The van der Waals surface area contributed by atoms with Crippen LogP contribution in [0.15, 0.2) is 18.3 Å². The van der Waals surface area contributed by atoms with Crippen LogP contribution in [0.5, 0.6) is 0 Å². The molecule has 67 valence electrons. The topological polar surface area (TPSA) is 67.3 Å². The van der Waals surface area contributed by atoms with Gasteiger partial charge in [-0.2, -0.15) is 0 Å². The van der Waals surface area contributed by atoms with Gasteiger partial charge in [-0.15, -0.1) is 0 Å². The van der Waals surface area contributed by atoms with Gasteiger partial charge in [0.05, 0.1) is 0 Å². The zero-order valence-electron chi connectivity index (χ0n) is 5.85. The molecular weight excluding hydrogens is 256 g/mol. The third-order valence-electron chi connectivity index (χ3n) is 1.14. The zero-order valence-corrected chi connectivity index (χ0v) is 7.49. The van der Waals surface area contributed by atoms with Gasteiger partial charge in [-0.25, -0.2) is 9.78 Å². The van der Waals surface area contributed by atoms with Crippen molar-refractivity contribution in [1.82, 2.24) is 4.98 Å². The summed E-state index contributed by atoms with van der Waals surface area (Å²) in [7, 11) is 0. The summed E-state index contributed by atoms with van der Waals surface area (Å²) in [4.78, 5) is 24.0. The second kappa shape index (κ2) is 6.97. The normalized spacial score (nSPS) is 7.69. The fourth-order valence-electron chi connectivity index (χ4n) is 0.637. The van der Waals surface area contributed by atoms with E-state index in [4.69, 9.17) is 5.11 Å². The summed E-state index contributed by atoms with van der Waals surface area (Å²) in [6.07, 6.45) is 1.86. The number of nitrogens with zero attached hydrogens (tertiary/aromatic N) is 1. The van der Waals surface area contributed by atoms with E-state index >= 15 is 0 Å². The Kier molecular flexibility index (Phi) is 8.04. The average Bonchev–Trinajstić information content (AvgIpc) is 2.05. The molecule has 0 atom stereocenters. The van der Waals surface area contributed by atoms with Crippen LogP contribution in [-0.2, 0) is 19.5 Å². The molecule has 1 radical (unpaired) electrons. The third kappa shape index (κ3) is 4.33. The smallest absolute Gasteiger partial charge is 0 e. The molecule has 1 heterocycles. The number of carboxylic acid groups (broad SMARTS) is 1. The average molecular weight is 262 g/mol. The van der Waals surface area contributed by atoms with Gasteiger partial charge in [-0.3, -0.25) is 4.79 Å². The molecule has 4 nitrogen and oxygen atoms in total. The van der Waals surface area contributed by atoms with Gasteiger partial charge in [0, 0.05) is 31.2 Å². The van der Waals surface area contributed by atoms with E-state index in [1.807, 2.05) is 0 Å². The summed E-state index contributed by atoms with van der Waals surface area (Å²) in [5.41, 5.74) is 0.201. The first kappa shape index (κ1) is 15.0. The van der Waals surface area contributed by atoms with Crippen LogP contribution in [0.2, 0.25) is 0 Å². The van der Waals surface area contributed by atoms with E-state index in [1.54, 1.807) is 0 Å². The Balaban J connectivity index is 0. The molecule has 0 bridgehead atoms. The summed E-state index contributed by atoms with van der Waals surface area (Å²) in [5.74, 6) is -1.13. The molecule has 0 aromatic carbocycles. The SMILES string of the molecule is O=Cc1ccnc(C(=O)O)c1.[LiH].[Rh].